The maximum atomic E-state index is 12.5. The number of hydrogen-bond acceptors (Lipinski definition) is 2. The van der Waals surface area contributed by atoms with Crippen LogP contribution in [0, 0.1) is 5.92 Å². The maximum absolute atomic E-state index is 12.5. The van der Waals surface area contributed by atoms with E-state index in [1.54, 1.807) is 12.1 Å². The van der Waals surface area contributed by atoms with Crippen LogP contribution in [-0.4, -0.2) is 35.8 Å². The second-order valence-electron chi connectivity index (χ2n) is 6.12. The number of likely N-dealkylation sites (tertiary alicyclic amines) is 1. The van der Waals surface area contributed by atoms with E-state index < -0.39 is 6.04 Å². The lowest BCUT2D eigenvalue weighted by Gasteiger charge is -2.26. The number of nitrogens with one attached hydrogen (secondary N) is 1. The minimum Gasteiger partial charge on any atom is -0.344 e. The molecule has 1 N–H and O–H groups in total. The van der Waals surface area contributed by atoms with Crippen molar-refractivity contribution in [3.8, 4) is 0 Å². The van der Waals surface area contributed by atoms with Crippen molar-refractivity contribution in [3.63, 3.8) is 0 Å². The van der Waals surface area contributed by atoms with E-state index in [0.29, 0.717) is 5.02 Å². The standard InChI is InChI=1S/C17H23ClN2O2/c1-12(2)16(17(22)20-9-3-4-10-20)19-15(21)11-13-5-7-14(18)8-6-13/h5-8,12,16H,3-4,9-11H2,1-2H3,(H,19,21)/t16-/m1/s1. The van der Waals surface area contributed by atoms with Crippen molar-refractivity contribution in [3.05, 3.63) is 34.9 Å². The summed E-state index contributed by atoms with van der Waals surface area (Å²) >= 11 is 5.84. The van der Waals surface area contributed by atoms with E-state index in [2.05, 4.69) is 5.32 Å². The van der Waals surface area contributed by atoms with Gasteiger partial charge in [0.25, 0.3) is 0 Å². The van der Waals surface area contributed by atoms with Crippen molar-refractivity contribution in [1.82, 2.24) is 10.2 Å². The van der Waals surface area contributed by atoms with Gasteiger partial charge < -0.3 is 10.2 Å². The predicted octanol–water partition coefficient (Wildman–Crippen LogP) is 2.65. The van der Waals surface area contributed by atoms with Crippen LogP contribution >= 0.6 is 11.6 Å². The molecule has 120 valence electrons. The maximum Gasteiger partial charge on any atom is 0.245 e. The minimum atomic E-state index is -0.446. The number of amides is 2. The van der Waals surface area contributed by atoms with E-state index in [1.165, 1.54) is 0 Å². The molecule has 1 aliphatic heterocycles. The summed E-state index contributed by atoms with van der Waals surface area (Å²) in [7, 11) is 0. The fraction of sp³-hybridized carbons (Fsp3) is 0.529. The zero-order chi connectivity index (χ0) is 16.1. The number of carbonyl (C=O) groups excluding carboxylic acids is 2. The summed E-state index contributed by atoms with van der Waals surface area (Å²) in [5.41, 5.74) is 0.887. The highest BCUT2D eigenvalue weighted by molar-refractivity contribution is 6.30. The first-order chi connectivity index (χ1) is 10.5. The Bertz CT molecular complexity index is 522. The molecule has 2 amide bonds. The third kappa shape index (κ3) is 4.47. The third-order valence-electron chi connectivity index (χ3n) is 3.94. The molecule has 1 saturated heterocycles. The van der Waals surface area contributed by atoms with E-state index in [1.807, 2.05) is 30.9 Å². The molecule has 2 rings (SSSR count). The lowest BCUT2D eigenvalue weighted by Crippen LogP contribution is -2.50. The summed E-state index contributed by atoms with van der Waals surface area (Å²) < 4.78 is 0. The van der Waals surface area contributed by atoms with Gasteiger partial charge >= 0.3 is 0 Å². The monoisotopic (exact) mass is 322 g/mol. The number of carbonyl (C=O) groups is 2. The van der Waals surface area contributed by atoms with E-state index in [-0.39, 0.29) is 24.2 Å². The van der Waals surface area contributed by atoms with Crippen molar-refractivity contribution in [1.29, 1.82) is 0 Å². The molecule has 5 heteroatoms. The largest absolute Gasteiger partial charge is 0.344 e. The molecular formula is C17H23ClN2O2. The van der Waals surface area contributed by atoms with Crippen LogP contribution in [0.15, 0.2) is 24.3 Å². The number of hydrogen-bond donors (Lipinski definition) is 1. The van der Waals surface area contributed by atoms with Gasteiger partial charge in [-0.1, -0.05) is 37.6 Å². The highest BCUT2D eigenvalue weighted by atomic mass is 35.5. The van der Waals surface area contributed by atoms with Crippen LogP contribution in [0.4, 0.5) is 0 Å². The van der Waals surface area contributed by atoms with Crippen LogP contribution < -0.4 is 5.32 Å². The zero-order valence-corrected chi connectivity index (χ0v) is 13.9. The molecule has 1 aromatic rings. The van der Waals surface area contributed by atoms with Crippen molar-refractivity contribution in [2.45, 2.75) is 39.2 Å². The van der Waals surface area contributed by atoms with Gasteiger partial charge in [0.2, 0.25) is 11.8 Å². The van der Waals surface area contributed by atoms with Gasteiger partial charge in [0, 0.05) is 18.1 Å². The SMILES string of the molecule is CC(C)[C@@H](NC(=O)Cc1ccc(Cl)cc1)C(=O)N1CCCC1. The summed E-state index contributed by atoms with van der Waals surface area (Å²) in [4.78, 5) is 26.6. The van der Waals surface area contributed by atoms with Gasteiger partial charge in [-0.25, -0.2) is 0 Å². The van der Waals surface area contributed by atoms with Crippen molar-refractivity contribution in [2.75, 3.05) is 13.1 Å². The van der Waals surface area contributed by atoms with Gasteiger partial charge in [0.1, 0.15) is 6.04 Å². The molecule has 0 bridgehead atoms. The van der Waals surface area contributed by atoms with Crippen molar-refractivity contribution >= 4 is 23.4 Å². The Labute approximate surface area is 136 Å². The van der Waals surface area contributed by atoms with E-state index >= 15 is 0 Å². The summed E-state index contributed by atoms with van der Waals surface area (Å²) in [5, 5.41) is 3.54. The van der Waals surface area contributed by atoms with E-state index in [0.717, 1.165) is 31.5 Å². The lowest BCUT2D eigenvalue weighted by atomic mass is 10.0. The van der Waals surface area contributed by atoms with Crippen LogP contribution in [0.1, 0.15) is 32.3 Å². The van der Waals surface area contributed by atoms with Crippen LogP contribution in [0.25, 0.3) is 0 Å². The van der Waals surface area contributed by atoms with Gasteiger partial charge in [-0.15, -0.1) is 0 Å². The molecular weight excluding hydrogens is 300 g/mol. The average Bonchev–Trinajstić information content (AvgIpc) is 3.00. The van der Waals surface area contributed by atoms with Gasteiger partial charge in [0.05, 0.1) is 6.42 Å². The summed E-state index contributed by atoms with van der Waals surface area (Å²) in [6, 6.07) is 6.74. The number of rotatable bonds is 5. The Morgan fingerprint density at radius 2 is 1.77 bits per heavy atom. The van der Waals surface area contributed by atoms with Gasteiger partial charge in [0.15, 0.2) is 0 Å². The minimum absolute atomic E-state index is 0.0388. The van der Waals surface area contributed by atoms with Gasteiger partial charge in [-0.05, 0) is 36.5 Å². The fourth-order valence-electron chi connectivity index (χ4n) is 2.66. The van der Waals surface area contributed by atoms with E-state index in [9.17, 15) is 9.59 Å². The third-order valence-corrected chi connectivity index (χ3v) is 4.20. The van der Waals surface area contributed by atoms with E-state index in [4.69, 9.17) is 11.6 Å². The molecule has 0 aromatic heterocycles. The first-order valence-corrected chi connectivity index (χ1v) is 8.18. The van der Waals surface area contributed by atoms with Gasteiger partial charge in [-0.2, -0.15) is 0 Å². The zero-order valence-electron chi connectivity index (χ0n) is 13.1. The fourth-order valence-corrected chi connectivity index (χ4v) is 2.79. The molecule has 0 spiro atoms. The number of benzene rings is 1. The van der Waals surface area contributed by atoms with Crippen LogP contribution in [0.5, 0.6) is 0 Å². The molecule has 1 aromatic carbocycles. The quantitative estimate of drug-likeness (QED) is 0.906. The normalized spacial score (nSPS) is 15.9. The average molecular weight is 323 g/mol. The Morgan fingerprint density at radius 1 is 1.18 bits per heavy atom. The Morgan fingerprint density at radius 3 is 2.32 bits per heavy atom. The summed E-state index contributed by atoms with van der Waals surface area (Å²) in [6.45, 7) is 5.52. The Kier molecular flexibility index (Phi) is 5.83. The Hall–Kier alpha value is -1.55. The predicted molar refractivity (Wildman–Crippen MR) is 87.7 cm³/mol. The molecule has 0 saturated carbocycles. The van der Waals surface area contributed by atoms with Crippen LogP contribution in [0.2, 0.25) is 5.02 Å². The van der Waals surface area contributed by atoms with Gasteiger partial charge in [-0.3, -0.25) is 9.59 Å². The molecule has 0 unspecified atom stereocenters. The topological polar surface area (TPSA) is 49.4 Å². The first-order valence-electron chi connectivity index (χ1n) is 7.80. The number of halogens is 1. The molecule has 1 fully saturated rings. The summed E-state index contributed by atoms with van der Waals surface area (Å²) in [5.74, 6) is -0.0206. The molecule has 1 heterocycles. The molecule has 4 nitrogen and oxygen atoms in total. The molecule has 1 aliphatic rings. The second kappa shape index (κ2) is 7.63. The highest BCUT2D eigenvalue weighted by Gasteiger charge is 2.29. The lowest BCUT2D eigenvalue weighted by molar-refractivity contribution is -0.136. The summed E-state index contributed by atoms with van der Waals surface area (Å²) in [6.07, 6.45) is 2.36. The first kappa shape index (κ1) is 16.8. The molecule has 1 atom stereocenters. The smallest absolute Gasteiger partial charge is 0.245 e. The second-order valence-corrected chi connectivity index (χ2v) is 6.56. The molecule has 0 radical (unpaired) electrons. The van der Waals surface area contributed by atoms with Crippen molar-refractivity contribution < 1.29 is 9.59 Å². The van der Waals surface area contributed by atoms with Crippen LogP contribution in [-0.2, 0) is 16.0 Å². The highest BCUT2D eigenvalue weighted by Crippen LogP contribution is 2.14. The Balaban J connectivity index is 1.96. The molecule has 22 heavy (non-hydrogen) atoms. The van der Waals surface area contributed by atoms with Crippen LogP contribution in [0.3, 0.4) is 0 Å². The molecule has 0 aliphatic carbocycles. The number of nitrogens with zero attached hydrogens (tertiary/aromatic N) is 1. The van der Waals surface area contributed by atoms with Crippen molar-refractivity contribution in [2.24, 2.45) is 5.92 Å².